The number of halogens is 2. The monoisotopic (exact) mass is 504 g/mol. The van der Waals surface area contributed by atoms with Crippen molar-refractivity contribution in [3.63, 3.8) is 0 Å². The second kappa shape index (κ2) is 9.98. The molecule has 9 nitrogen and oxygen atoms in total. The number of fused-ring (bicyclic) bond motifs is 2. The Morgan fingerprint density at radius 2 is 1.97 bits per heavy atom. The molecule has 194 valence electrons. The summed E-state index contributed by atoms with van der Waals surface area (Å²) in [5.41, 5.74) is -1.50. The zero-order valence-electron chi connectivity index (χ0n) is 20.8. The van der Waals surface area contributed by atoms with Crippen molar-refractivity contribution in [2.45, 2.75) is 50.9 Å². The predicted molar refractivity (Wildman–Crippen MR) is 126 cm³/mol. The van der Waals surface area contributed by atoms with Gasteiger partial charge >= 0.3 is 0 Å². The summed E-state index contributed by atoms with van der Waals surface area (Å²) in [6.07, 6.45) is 3.49. The van der Waals surface area contributed by atoms with Gasteiger partial charge in [-0.15, -0.1) is 0 Å². The normalized spacial score (nSPS) is 17.9. The lowest BCUT2D eigenvalue weighted by atomic mass is 10.0. The summed E-state index contributed by atoms with van der Waals surface area (Å²) in [6.45, 7) is 1.91. The highest BCUT2D eigenvalue weighted by molar-refractivity contribution is 5.99. The second-order valence-corrected chi connectivity index (χ2v) is 9.23. The van der Waals surface area contributed by atoms with Crippen LogP contribution in [0, 0.1) is 11.6 Å². The van der Waals surface area contributed by atoms with Crippen LogP contribution in [0.25, 0.3) is 0 Å². The van der Waals surface area contributed by atoms with Crippen LogP contribution in [0.3, 0.4) is 0 Å². The van der Waals surface area contributed by atoms with Gasteiger partial charge in [0.15, 0.2) is 17.7 Å². The number of carbonyl (C=O) groups is 2. The van der Waals surface area contributed by atoms with E-state index in [1.807, 2.05) is 6.92 Å². The molecular weight excluding hydrogens is 474 g/mol. The van der Waals surface area contributed by atoms with Crippen LogP contribution >= 0.6 is 0 Å². The molecule has 1 aromatic heterocycles. The highest BCUT2D eigenvalue weighted by Gasteiger charge is 2.60. The molecule has 1 aliphatic carbocycles. The third-order valence-corrected chi connectivity index (χ3v) is 6.60. The lowest BCUT2D eigenvalue weighted by molar-refractivity contribution is -0.142. The van der Waals surface area contributed by atoms with Crippen LogP contribution in [0.4, 0.5) is 8.78 Å². The molecule has 1 fully saturated rings. The summed E-state index contributed by atoms with van der Waals surface area (Å²) >= 11 is 0. The summed E-state index contributed by atoms with van der Waals surface area (Å²) in [5, 5.41) is 5.58. The number of carbonyl (C=O) groups excluding carboxylic acids is 2. The number of aromatic nitrogens is 1. The van der Waals surface area contributed by atoms with Crippen molar-refractivity contribution in [2.24, 2.45) is 0 Å². The first-order valence-corrected chi connectivity index (χ1v) is 11.8. The van der Waals surface area contributed by atoms with Crippen LogP contribution in [0.5, 0.6) is 5.75 Å². The maximum absolute atomic E-state index is 14.0. The van der Waals surface area contributed by atoms with Gasteiger partial charge in [0.25, 0.3) is 11.8 Å². The number of ether oxygens (including phenoxy) is 2. The number of unbranched alkanes of at least 4 members (excludes halogenated alkanes) is 1. The molecule has 1 saturated carbocycles. The van der Waals surface area contributed by atoms with Crippen molar-refractivity contribution in [1.29, 1.82) is 0 Å². The number of nitrogens with one attached hydrogen (secondary N) is 1. The number of rotatable bonds is 9. The van der Waals surface area contributed by atoms with E-state index in [2.05, 4.69) is 5.32 Å². The minimum Gasteiger partial charge on any atom is -0.487 e. The number of hydrazine groups is 1. The molecular formula is C25H30F2N4O5. The SMILES string of the molecule is CCCCOc1c2n(cc(C(=O)NCc3ccc(F)cc3F)c1=O)C1(CC1)C(OC)N(N(C)C)C2=O. The first-order valence-electron chi connectivity index (χ1n) is 11.8. The van der Waals surface area contributed by atoms with Crippen LogP contribution in [0.2, 0.25) is 0 Å². The Morgan fingerprint density at radius 3 is 2.56 bits per heavy atom. The standard InChI is InChI=1S/C25H30F2N4O5/c1-5-6-11-36-21-19-23(34)31(29(2)3)24(35-4)25(9-10-25)30(19)14-17(20(21)32)22(33)28-13-15-7-8-16(26)12-18(15)27/h7-8,12,14,24H,5-6,9-11,13H2,1-4H3,(H,28,33). The molecule has 2 aliphatic rings. The molecule has 2 amide bonds. The molecule has 1 aliphatic heterocycles. The molecule has 11 heteroatoms. The summed E-state index contributed by atoms with van der Waals surface area (Å²) in [5.74, 6) is -2.97. The van der Waals surface area contributed by atoms with Crippen molar-refractivity contribution >= 4 is 11.8 Å². The first-order chi connectivity index (χ1) is 17.2. The third kappa shape index (κ3) is 4.37. The van der Waals surface area contributed by atoms with Gasteiger partial charge in [-0.2, -0.15) is 0 Å². The zero-order chi connectivity index (χ0) is 26.2. The minimum absolute atomic E-state index is 0.0664. The summed E-state index contributed by atoms with van der Waals surface area (Å²) in [7, 11) is 4.93. The Hall–Kier alpha value is -3.31. The molecule has 4 rings (SSSR count). The number of amides is 2. The van der Waals surface area contributed by atoms with E-state index >= 15 is 0 Å². The van der Waals surface area contributed by atoms with Crippen molar-refractivity contribution in [3.05, 3.63) is 63.1 Å². The Labute approximate surface area is 207 Å². The van der Waals surface area contributed by atoms with Gasteiger partial charge in [0.1, 0.15) is 17.2 Å². The van der Waals surface area contributed by atoms with E-state index in [0.717, 1.165) is 18.6 Å². The highest BCUT2D eigenvalue weighted by atomic mass is 19.1. The van der Waals surface area contributed by atoms with Crippen LogP contribution in [-0.2, 0) is 16.8 Å². The summed E-state index contributed by atoms with van der Waals surface area (Å²) < 4.78 is 40.4. The average molecular weight is 505 g/mol. The fraction of sp³-hybridized carbons (Fsp3) is 0.480. The van der Waals surface area contributed by atoms with Crippen LogP contribution < -0.4 is 15.5 Å². The van der Waals surface area contributed by atoms with E-state index in [1.54, 1.807) is 23.7 Å². The van der Waals surface area contributed by atoms with Gasteiger partial charge in [-0.05, 0) is 25.3 Å². The van der Waals surface area contributed by atoms with Crippen molar-refractivity contribution in [2.75, 3.05) is 27.8 Å². The largest absolute Gasteiger partial charge is 0.487 e. The lowest BCUT2D eigenvalue weighted by Gasteiger charge is -2.45. The molecule has 0 radical (unpaired) electrons. The number of hydrogen-bond donors (Lipinski definition) is 1. The highest BCUT2D eigenvalue weighted by Crippen LogP contribution is 2.52. The maximum Gasteiger partial charge on any atom is 0.291 e. The number of hydrogen-bond acceptors (Lipinski definition) is 6. The van der Waals surface area contributed by atoms with Gasteiger partial charge in [-0.25, -0.2) is 18.8 Å². The van der Waals surface area contributed by atoms with Crippen molar-refractivity contribution < 1.29 is 27.8 Å². The number of methoxy groups -OCH3 is 1. The van der Waals surface area contributed by atoms with Gasteiger partial charge in [0.2, 0.25) is 5.43 Å². The number of pyridine rings is 1. The third-order valence-electron chi connectivity index (χ3n) is 6.60. The lowest BCUT2D eigenvalue weighted by Crippen LogP contribution is -2.61. The van der Waals surface area contributed by atoms with Crippen LogP contribution in [0.15, 0.2) is 29.2 Å². The summed E-state index contributed by atoms with van der Waals surface area (Å²) in [6, 6.07) is 3.03. The molecule has 36 heavy (non-hydrogen) atoms. The van der Waals surface area contributed by atoms with E-state index in [4.69, 9.17) is 9.47 Å². The maximum atomic E-state index is 14.0. The Bertz CT molecular complexity index is 1240. The van der Waals surface area contributed by atoms with Gasteiger partial charge < -0.3 is 19.4 Å². The van der Waals surface area contributed by atoms with E-state index in [9.17, 15) is 23.2 Å². The molecule has 0 saturated heterocycles. The van der Waals surface area contributed by atoms with E-state index < -0.39 is 40.6 Å². The van der Waals surface area contributed by atoms with Gasteiger partial charge in [-0.1, -0.05) is 19.4 Å². The molecule has 1 spiro atoms. The van der Waals surface area contributed by atoms with E-state index in [0.29, 0.717) is 19.3 Å². The molecule has 1 atom stereocenters. The smallest absolute Gasteiger partial charge is 0.291 e. The van der Waals surface area contributed by atoms with Crippen LogP contribution in [0.1, 0.15) is 59.0 Å². The van der Waals surface area contributed by atoms with Gasteiger partial charge in [0.05, 0.1) is 12.1 Å². The Morgan fingerprint density at radius 1 is 1.25 bits per heavy atom. The minimum atomic E-state index is -0.810. The molecule has 1 aromatic carbocycles. The Balaban J connectivity index is 1.78. The number of benzene rings is 1. The van der Waals surface area contributed by atoms with Crippen molar-refractivity contribution in [1.82, 2.24) is 19.9 Å². The first kappa shape index (κ1) is 25.8. The molecule has 0 bridgehead atoms. The zero-order valence-corrected chi connectivity index (χ0v) is 20.8. The van der Waals surface area contributed by atoms with Crippen LogP contribution in [-0.4, -0.2) is 60.4 Å². The molecule has 1 unspecified atom stereocenters. The van der Waals surface area contributed by atoms with E-state index in [-0.39, 0.29) is 35.7 Å². The van der Waals surface area contributed by atoms with E-state index in [1.165, 1.54) is 24.4 Å². The predicted octanol–water partition coefficient (Wildman–Crippen LogP) is 2.63. The van der Waals surface area contributed by atoms with Gasteiger partial charge in [0, 0.05) is 45.6 Å². The molecule has 2 heterocycles. The topological polar surface area (TPSA) is 93.1 Å². The fourth-order valence-corrected chi connectivity index (χ4v) is 4.58. The summed E-state index contributed by atoms with van der Waals surface area (Å²) in [4.78, 5) is 40.2. The molecule has 2 aromatic rings. The quantitative estimate of drug-likeness (QED) is 0.528. The number of nitrogens with zero attached hydrogens (tertiary/aromatic N) is 3. The Kier molecular flexibility index (Phi) is 7.14. The second-order valence-electron chi connectivity index (χ2n) is 9.23. The van der Waals surface area contributed by atoms with Gasteiger partial charge in [-0.3, -0.25) is 14.4 Å². The molecule has 1 N–H and O–H groups in total. The average Bonchev–Trinajstić information content (AvgIpc) is 3.62. The fourth-order valence-electron chi connectivity index (χ4n) is 4.58. The van der Waals surface area contributed by atoms with Crippen molar-refractivity contribution in [3.8, 4) is 5.75 Å².